The second kappa shape index (κ2) is 7.58. The molecule has 128 valence electrons. The number of anilines is 2. The number of amides is 2. The van der Waals surface area contributed by atoms with Crippen LogP contribution in [0.25, 0.3) is 0 Å². The molecule has 0 saturated carbocycles. The van der Waals surface area contributed by atoms with E-state index in [-0.39, 0.29) is 6.03 Å². The van der Waals surface area contributed by atoms with Gasteiger partial charge in [-0.3, -0.25) is 0 Å². The average molecular weight is 399 g/mol. The molecule has 1 aliphatic heterocycles. The maximum Gasteiger partial charge on any atom is 0.322 e. The Morgan fingerprint density at radius 3 is 2.56 bits per heavy atom. The van der Waals surface area contributed by atoms with Gasteiger partial charge in [0.05, 0.1) is 16.9 Å². The van der Waals surface area contributed by atoms with Crippen LogP contribution in [0.3, 0.4) is 0 Å². The molecule has 0 atom stereocenters. The largest absolute Gasteiger partial charge is 0.367 e. The summed E-state index contributed by atoms with van der Waals surface area (Å²) in [5, 5.41) is 12.0. The van der Waals surface area contributed by atoms with E-state index in [1.54, 1.807) is 23.1 Å². The number of aryl methyl sites for hydroxylation is 1. The zero-order valence-electron chi connectivity index (χ0n) is 14.0. The quantitative estimate of drug-likeness (QED) is 0.831. The van der Waals surface area contributed by atoms with Crippen molar-refractivity contribution in [1.29, 1.82) is 5.26 Å². The summed E-state index contributed by atoms with van der Waals surface area (Å²) in [5.74, 6) is 0. The van der Waals surface area contributed by atoms with E-state index in [0.29, 0.717) is 24.3 Å². The van der Waals surface area contributed by atoms with Gasteiger partial charge in [0, 0.05) is 30.7 Å². The lowest BCUT2D eigenvalue weighted by Gasteiger charge is -2.36. The minimum Gasteiger partial charge on any atom is -0.367 e. The topological polar surface area (TPSA) is 59.4 Å². The van der Waals surface area contributed by atoms with Crippen LogP contribution >= 0.6 is 15.9 Å². The van der Waals surface area contributed by atoms with E-state index in [9.17, 15) is 4.79 Å². The molecule has 1 N–H and O–H groups in total. The highest BCUT2D eigenvalue weighted by molar-refractivity contribution is 9.10. The van der Waals surface area contributed by atoms with Gasteiger partial charge in [-0.15, -0.1) is 0 Å². The Labute approximate surface area is 156 Å². The first-order valence-corrected chi connectivity index (χ1v) is 8.94. The van der Waals surface area contributed by atoms with Crippen molar-refractivity contribution < 1.29 is 4.79 Å². The zero-order chi connectivity index (χ0) is 17.8. The van der Waals surface area contributed by atoms with Crippen LogP contribution in [-0.4, -0.2) is 37.1 Å². The van der Waals surface area contributed by atoms with Gasteiger partial charge >= 0.3 is 6.03 Å². The predicted molar refractivity (Wildman–Crippen MR) is 103 cm³/mol. The summed E-state index contributed by atoms with van der Waals surface area (Å²) >= 11 is 3.62. The molecule has 25 heavy (non-hydrogen) atoms. The number of nitriles is 1. The van der Waals surface area contributed by atoms with Crippen LogP contribution in [0, 0.1) is 18.3 Å². The van der Waals surface area contributed by atoms with Crippen molar-refractivity contribution in [3.05, 3.63) is 58.1 Å². The van der Waals surface area contributed by atoms with Gasteiger partial charge < -0.3 is 15.1 Å². The number of para-hydroxylation sites is 1. The fraction of sp³-hybridized carbons (Fsp3) is 0.263. The summed E-state index contributed by atoms with van der Waals surface area (Å²) in [7, 11) is 0. The summed E-state index contributed by atoms with van der Waals surface area (Å²) in [6.07, 6.45) is 0. The van der Waals surface area contributed by atoms with Gasteiger partial charge in [-0.2, -0.15) is 5.26 Å². The Balaban J connectivity index is 1.62. The molecular formula is C19H19BrN4O. The molecule has 0 aliphatic carbocycles. The number of benzene rings is 2. The van der Waals surface area contributed by atoms with E-state index in [4.69, 9.17) is 5.26 Å². The molecule has 0 aromatic heterocycles. The van der Waals surface area contributed by atoms with Crippen molar-refractivity contribution in [2.24, 2.45) is 0 Å². The summed E-state index contributed by atoms with van der Waals surface area (Å²) in [6, 6.07) is 15.3. The first kappa shape index (κ1) is 17.3. The average Bonchev–Trinajstić information content (AvgIpc) is 2.62. The molecule has 2 aromatic carbocycles. The first-order valence-electron chi connectivity index (χ1n) is 8.14. The van der Waals surface area contributed by atoms with Crippen LogP contribution in [0.4, 0.5) is 16.2 Å². The molecular weight excluding hydrogens is 380 g/mol. The molecule has 6 heteroatoms. The molecule has 1 aliphatic rings. The number of hydrogen-bond acceptors (Lipinski definition) is 3. The summed E-state index contributed by atoms with van der Waals surface area (Å²) in [6.45, 7) is 4.89. The SMILES string of the molecule is Cc1ccc(N2CCN(C(=O)Nc3ccccc3C#N)CC2)c(Br)c1. The summed E-state index contributed by atoms with van der Waals surface area (Å²) in [5.41, 5.74) is 3.39. The van der Waals surface area contributed by atoms with Gasteiger partial charge in [0.1, 0.15) is 6.07 Å². The molecule has 5 nitrogen and oxygen atoms in total. The molecule has 1 saturated heterocycles. The molecule has 3 rings (SSSR count). The number of piperazine rings is 1. The summed E-state index contributed by atoms with van der Waals surface area (Å²) < 4.78 is 1.08. The monoisotopic (exact) mass is 398 g/mol. The second-order valence-electron chi connectivity index (χ2n) is 6.02. The third-order valence-electron chi connectivity index (χ3n) is 4.30. The van der Waals surface area contributed by atoms with Gasteiger partial charge in [0.25, 0.3) is 0 Å². The van der Waals surface area contributed by atoms with Gasteiger partial charge in [-0.1, -0.05) is 18.2 Å². The van der Waals surface area contributed by atoms with Crippen molar-refractivity contribution in [1.82, 2.24) is 4.90 Å². The van der Waals surface area contributed by atoms with Crippen LogP contribution in [-0.2, 0) is 0 Å². The maximum absolute atomic E-state index is 12.5. The Hall–Kier alpha value is -2.52. The van der Waals surface area contributed by atoms with Gasteiger partial charge in [-0.25, -0.2) is 4.79 Å². The van der Waals surface area contributed by atoms with E-state index in [0.717, 1.165) is 23.2 Å². The van der Waals surface area contributed by atoms with Crippen LogP contribution in [0.15, 0.2) is 46.9 Å². The minimum absolute atomic E-state index is 0.162. The molecule has 2 amide bonds. The standard InChI is InChI=1S/C19H19BrN4O/c1-14-6-7-18(16(20)12-14)23-8-10-24(11-9-23)19(25)22-17-5-3-2-4-15(17)13-21/h2-7,12H,8-11H2,1H3,(H,22,25). The molecule has 0 unspecified atom stereocenters. The van der Waals surface area contributed by atoms with Crippen molar-refractivity contribution in [3.8, 4) is 6.07 Å². The number of nitrogens with one attached hydrogen (secondary N) is 1. The Morgan fingerprint density at radius 1 is 1.16 bits per heavy atom. The van der Waals surface area contributed by atoms with Crippen LogP contribution in [0.5, 0.6) is 0 Å². The van der Waals surface area contributed by atoms with E-state index in [2.05, 4.69) is 57.3 Å². The molecule has 1 fully saturated rings. The van der Waals surface area contributed by atoms with E-state index in [1.807, 2.05) is 6.07 Å². The molecule has 0 spiro atoms. The van der Waals surface area contributed by atoms with Crippen molar-refractivity contribution in [2.75, 3.05) is 36.4 Å². The smallest absolute Gasteiger partial charge is 0.322 e. The number of carbonyl (C=O) groups excluding carboxylic acids is 1. The zero-order valence-corrected chi connectivity index (χ0v) is 15.6. The van der Waals surface area contributed by atoms with E-state index >= 15 is 0 Å². The number of nitrogens with zero attached hydrogens (tertiary/aromatic N) is 3. The van der Waals surface area contributed by atoms with E-state index < -0.39 is 0 Å². The molecule has 1 heterocycles. The third kappa shape index (κ3) is 3.94. The number of halogens is 1. The first-order chi connectivity index (χ1) is 12.1. The van der Waals surface area contributed by atoms with Crippen molar-refractivity contribution in [3.63, 3.8) is 0 Å². The summed E-state index contributed by atoms with van der Waals surface area (Å²) in [4.78, 5) is 16.5. The lowest BCUT2D eigenvalue weighted by atomic mass is 10.2. The Bertz CT molecular complexity index is 822. The highest BCUT2D eigenvalue weighted by Gasteiger charge is 2.22. The fourth-order valence-corrected chi connectivity index (χ4v) is 3.65. The van der Waals surface area contributed by atoms with Gasteiger partial charge in [0.2, 0.25) is 0 Å². The highest BCUT2D eigenvalue weighted by Crippen LogP contribution is 2.28. The van der Waals surface area contributed by atoms with Crippen LogP contribution in [0.2, 0.25) is 0 Å². The van der Waals surface area contributed by atoms with Crippen molar-refractivity contribution >= 4 is 33.3 Å². The number of urea groups is 1. The normalized spacial score (nSPS) is 14.1. The molecule has 2 aromatic rings. The van der Waals surface area contributed by atoms with Gasteiger partial charge in [0.15, 0.2) is 0 Å². The predicted octanol–water partition coefficient (Wildman–Crippen LogP) is 3.98. The van der Waals surface area contributed by atoms with Crippen molar-refractivity contribution in [2.45, 2.75) is 6.92 Å². The van der Waals surface area contributed by atoms with E-state index in [1.165, 1.54) is 5.56 Å². The Kier molecular flexibility index (Phi) is 5.25. The van der Waals surface area contributed by atoms with Gasteiger partial charge in [-0.05, 0) is 52.7 Å². The molecule has 0 bridgehead atoms. The highest BCUT2D eigenvalue weighted by atomic mass is 79.9. The lowest BCUT2D eigenvalue weighted by Crippen LogP contribution is -2.50. The minimum atomic E-state index is -0.162. The maximum atomic E-state index is 12.5. The number of hydrogen-bond donors (Lipinski definition) is 1. The van der Waals surface area contributed by atoms with Crippen LogP contribution in [0.1, 0.15) is 11.1 Å². The van der Waals surface area contributed by atoms with Crippen LogP contribution < -0.4 is 10.2 Å². The second-order valence-corrected chi connectivity index (χ2v) is 6.87. The Morgan fingerprint density at radius 2 is 1.88 bits per heavy atom. The fourth-order valence-electron chi connectivity index (χ4n) is 2.90. The molecule has 0 radical (unpaired) electrons. The lowest BCUT2D eigenvalue weighted by molar-refractivity contribution is 0.208. The third-order valence-corrected chi connectivity index (χ3v) is 4.94. The number of carbonyl (C=O) groups is 1. The number of rotatable bonds is 2.